The predicted octanol–water partition coefficient (Wildman–Crippen LogP) is 2.09. The van der Waals surface area contributed by atoms with E-state index in [1.807, 2.05) is 30.3 Å². The van der Waals surface area contributed by atoms with Crippen molar-refractivity contribution in [3.8, 4) is 0 Å². The first-order valence-electron chi connectivity index (χ1n) is 6.62. The molecule has 110 valence electrons. The number of carbonyl (C=O) groups excluding carboxylic acids is 2. The van der Waals surface area contributed by atoms with Crippen LogP contribution >= 0.6 is 0 Å². The standard InChI is InChI=1S/C15H20O5/c1-3-18-15(19-4-2)13(16)10-14(17)20-11-12-8-6-5-7-9-12/h5-9,15H,3-4,10-11H2,1-2H3. The number of esters is 1. The number of carbonyl (C=O) groups is 2. The van der Waals surface area contributed by atoms with Gasteiger partial charge < -0.3 is 14.2 Å². The van der Waals surface area contributed by atoms with Gasteiger partial charge >= 0.3 is 5.97 Å². The molecule has 1 rings (SSSR count). The van der Waals surface area contributed by atoms with Crippen LogP contribution in [0.15, 0.2) is 30.3 Å². The Hall–Kier alpha value is -1.72. The molecule has 0 N–H and O–H groups in total. The summed E-state index contributed by atoms with van der Waals surface area (Å²) in [5.74, 6) is -1.00. The van der Waals surface area contributed by atoms with Crippen LogP contribution in [0.5, 0.6) is 0 Å². The molecule has 0 fully saturated rings. The molecule has 0 aliphatic carbocycles. The van der Waals surface area contributed by atoms with Gasteiger partial charge in [0.15, 0.2) is 5.78 Å². The van der Waals surface area contributed by atoms with Crippen molar-refractivity contribution in [3.63, 3.8) is 0 Å². The van der Waals surface area contributed by atoms with E-state index < -0.39 is 18.0 Å². The molecule has 0 radical (unpaired) electrons. The zero-order valence-electron chi connectivity index (χ0n) is 11.8. The van der Waals surface area contributed by atoms with Gasteiger partial charge in [0.25, 0.3) is 0 Å². The van der Waals surface area contributed by atoms with Crippen LogP contribution in [0.4, 0.5) is 0 Å². The number of rotatable bonds is 9. The fourth-order valence-corrected chi connectivity index (χ4v) is 1.55. The molecule has 0 amide bonds. The van der Waals surface area contributed by atoms with Gasteiger partial charge in [0.2, 0.25) is 6.29 Å². The van der Waals surface area contributed by atoms with Crippen LogP contribution in [0.1, 0.15) is 25.8 Å². The Labute approximate surface area is 118 Å². The minimum absolute atomic E-state index is 0.154. The van der Waals surface area contributed by atoms with Crippen molar-refractivity contribution >= 4 is 11.8 Å². The fourth-order valence-electron chi connectivity index (χ4n) is 1.55. The predicted molar refractivity (Wildman–Crippen MR) is 72.9 cm³/mol. The normalized spacial score (nSPS) is 10.6. The molecule has 1 aromatic carbocycles. The number of benzene rings is 1. The summed E-state index contributed by atoms with van der Waals surface area (Å²) in [7, 11) is 0. The van der Waals surface area contributed by atoms with Crippen molar-refractivity contribution < 1.29 is 23.8 Å². The summed E-state index contributed by atoms with van der Waals surface area (Å²) in [6.45, 7) is 4.35. The maximum absolute atomic E-state index is 11.8. The van der Waals surface area contributed by atoms with Crippen LogP contribution in [0, 0.1) is 0 Å². The Morgan fingerprint density at radius 1 is 1.05 bits per heavy atom. The largest absolute Gasteiger partial charge is 0.460 e. The van der Waals surface area contributed by atoms with E-state index in [9.17, 15) is 9.59 Å². The van der Waals surface area contributed by atoms with Gasteiger partial charge in [-0.25, -0.2) is 0 Å². The first kappa shape index (κ1) is 16.3. The number of ether oxygens (including phenoxy) is 3. The summed E-state index contributed by atoms with van der Waals surface area (Å²) >= 11 is 0. The molecular weight excluding hydrogens is 260 g/mol. The van der Waals surface area contributed by atoms with Crippen LogP contribution < -0.4 is 0 Å². The van der Waals surface area contributed by atoms with E-state index in [2.05, 4.69) is 0 Å². The highest BCUT2D eigenvalue weighted by Gasteiger charge is 2.22. The van der Waals surface area contributed by atoms with Gasteiger partial charge in [-0.3, -0.25) is 9.59 Å². The molecule has 0 unspecified atom stereocenters. The molecule has 0 aliphatic rings. The Morgan fingerprint density at radius 2 is 1.65 bits per heavy atom. The van der Waals surface area contributed by atoms with Crippen LogP contribution in [0.25, 0.3) is 0 Å². The summed E-state index contributed by atoms with van der Waals surface area (Å²) in [5, 5.41) is 0. The average Bonchev–Trinajstić information content (AvgIpc) is 2.46. The van der Waals surface area contributed by atoms with Crippen molar-refractivity contribution in [3.05, 3.63) is 35.9 Å². The zero-order valence-corrected chi connectivity index (χ0v) is 11.8. The first-order valence-corrected chi connectivity index (χ1v) is 6.62. The highest BCUT2D eigenvalue weighted by atomic mass is 16.7. The van der Waals surface area contributed by atoms with Gasteiger partial charge in [-0.2, -0.15) is 0 Å². The van der Waals surface area contributed by atoms with Crippen LogP contribution in [0.2, 0.25) is 0 Å². The quantitative estimate of drug-likeness (QED) is 0.394. The third kappa shape index (κ3) is 5.95. The van der Waals surface area contributed by atoms with Crippen molar-refractivity contribution in [2.24, 2.45) is 0 Å². The molecule has 1 aromatic rings. The molecule has 0 saturated heterocycles. The van der Waals surface area contributed by atoms with Gasteiger partial charge in [0.05, 0.1) is 0 Å². The maximum atomic E-state index is 11.8. The fraction of sp³-hybridized carbons (Fsp3) is 0.467. The molecule has 5 nitrogen and oxygen atoms in total. The summed E-state index contributed by atoms with van der Waals surface area (Å²) < 4.78 is 15.3. The molecule has 5 heteroatoms. The van der Waals surface area contributed by atoms with Crippen LogP contribution in [0.3, 0.4) is 0 Å². The lowest BCUT2D eigenvalue weighted by atomic mass is 10.2. The maximum Gasteiger partial charge on any atom is 0.313 e. The number of hydrogen-bond donors (Lipinski definition) is 0. The summed E-state index contributed by atoms with van der Waals surface area (Å²) in [6.07, 6.45) is -1.34. The second-order valence-corrected chi connectivity index (χ2v) is 4.03. The molecular formula is C15H20O5. The summed E-state index contributed by atoms with van der Waals surface area (Å²) in [4.78, 5) is 23.4. The Bertz CT molecular complexity index is 410. The third-order valence-corrected chi connectivity index (χ3v) is 2.46. The second kappa shape index (κ2) is 9.23. The van der Waals surface area contributed by atoms with E-state index in [4.69, 9.17) is 14.2 Å². The van der Waals surface area contributed by atoms with Crippen molar-refractivity contribution in [2.45, 2.75) is 33.2 Å². The Balaban J connectivity index is 2.38. The van der Waals surface area contributed by atoms with E-state index in [0.717, 1.165) is 5.56 Å². The molecule has 20 heavy (non-hydrogen) atoms. The van der Waals surface area contributed by atoms with E-state index in [0.29, 0.717) is 13.2 Å². The number of hydrogen-bond acceptors (Lipinski definition) is 5. The summed E-state index contributed by atoms with van der Waals surface area (Å²) in [5.41, 5.74) is 0.875. The number of ketones is 1. The molecule has 0 bridgehead atoms. The lowest BCUT2D eigenvalue weighted by molar-refractivity contribution is -0.171. The van der Waals surface area contributed by atoms with Gasteiger partial charge in [-0.1, -0.05) is 30.3 Å². The molecule has 0 aromatic heterocycles. The molecule has 0 heterocycles. The van der Waals surface area contributed by atoms with E-state index in [1.54, 1.807) is 13.8 Å². The Kier molecular flexibility index (Phi) is 7.54. The molecule has 0 spiro atoms. The average molecular weight is 280 g/mol. The van der Waals surface area contributed by atoms with Gasteiger partial charge in [-0.05, 0) is 19.4 Å². The third-order valence-electron chi connectivity index (χ3n) is 2.46. The van der Waals surface area contributed by atoms with E-state index in [1.165, 1.54) is 0 Å². The van der Waals surface area contributed by atoms with E-state index in [-0.39, 0.29) is 13.0 Å². The van der Waals surface area contributed by atoms with Crippen molar-refractivity contribution in [2.75, 3.05) is 13.2 Å². The Morgan fingerprint density at radius 3 is 2.20 bits per heavy atom. The monoisotopic (exact) mass is 280 g/mol. The molecule has 0 saturated carbocycles. The highest BCUT2D eigenvalue weighted by Crippen LogP contribution is 2.05. The van der Waals surface area contributed by atoms with Crippen molar-refractivity contribution in [1.82, 2.24) is 0 Å². The lowest BCUT2D eigenvalue weighted by Gasteiger charge is -2.15. The first-order chi connectivity index (χ1) is 9.67. The van der Waals surface area contributed by atoms with Crippen molar-refractivity contribution in [1.29, 1.82) is 0 Å². The SMILES string of the molecule is CCOC(OCC)C(=O)CC(=O)OCc1ccccc1. The minimum Gasteiger partial charge on any atom is -0.460 e. The smallest absolute Gasteiger partial charge is 0.313 e. The van der Waals surface area contributed by atoms with Crippen LogP contribution in [-0.2, 0) is 30.4 Å². The molecule has 0 atom stereocenters. The van der Waals surface area contributed by atoms with E-state index >= 15 is 0 Å². The van der Waals surface area contributed by atoms with Gasteiger partial charge in [0, 0.05) is 13.2 Å². The second-order valence-electron chi connectivity index (χ2n) is 4.03. The topological polar surface area (TPSA) is 61.8 Å². The highest BCUT2D eigenvalue weighted by molar-refractivity contribution is 5.97. The lowest BCUT2D eigenvalue weighted by Crippen LogP contribution is -2.29. The van der Waals surface area contributed by atoms with Crippen LogP contribution in [-0.4, -0.2) is 31.3 Å². The number of Topliss-reactive ketones (excluding diaryl/α,β-unsaturated/α-hetero) is 1. The summed E-state index contributed by atoms with van der Waals surface area (Å²) in [6, 6.07) is 9.28. The van der Waals surface area contributed by atoms with Gasteiger partial charge in [-0.15, -0.1) is 0 Å². The van der Waals surface area contributed by atoms with Gasteiger partial charge in [0.1, 0.15) is 13.0 Å². The zero-order chi connectivity index (χ0) is 14.8. The molecule has 0 aliphatic heterocycles. The minimum atomic E-state index is -0.991.